The average molecular weight is 822 g/mol. The molecule has 0 fully saturated rings. The quantitative estimate of drug-likeness (QED) is 0.0293. The van der Waals surface area contributed by atoms with E-state index in [1.54, 1.807) is 24.3 Å². The maximum atomic E-state index is 13.6. The Kier molecular flexibility index (Phi) is 26.2. The fourth-order valence-electron chi connectivity index (χ4n) is 6.18. The van der Waals surface area contributed by atoms with E-state index >= 15 is 0 Å². The molecule has 2 atom stereocenters. The summed E-state index contributed by atoms with van der Waals surface area (Å²) in [4.78, 5) is 77.3. The molecule has 2 rings (SSSR count). The molecule has 0 saturated heterocycles. The van der Waals surface area contributed by atoms with Crippen molar-refractivity contribution >= 4 is 46.5 Å². The first kappa shape index (κ1) is 49.7. The van der Waals surface area contributed by atoms with Gasteiger partial charge in [0.15, 0.2) is 10.9 Å². The summed E-state index contributed by atoms with van der Waals surface area (Å²) in [6.07, 6.45) is 17.1. The number of alkyl carbamates (subject to hydrolysis) is 1. The molecule has 0 aliphatic carbocycles. The Hall–Kier alpha value is -4.45. The molecule has 320 valence electrons. The van der Waals surface area contributed by atoms with Crippen LogP contribution in [0.1, 0.15) is 139 Å². The van der Waals surface area contributed by atoms with Gasteiger partial charge < -0.3 is 25.4 Å². The molecule has 0 spiro atoms. The molecule has 2 aromatic carbocycles. The van der Waals surface area contributed by atoms with Crippen molar-refractivity contribution in [3.8, 4) is 0 Å². The van der Waals surface area contributed by atoms with Crippen molar-refractivity contribution in [1.29, 1.82) is 0 Å². The van der Waals surface area contributed by atoms with Gasteiger partial charge in [-0.05, 0) is 29.9 Å². The number of ether oxygens (including phenoxy) is 2. The third kappa shape index (κ3) is 23.1. The lowest BCUT2D eigenvalue weighted by molar-refractivity contribution is -0.143. The van der Waals surface area contributed by atoms with Crippen molar-refractivity contribution in [1.82, 2.24) is 16.0 Å². The van der Waals surface area contributed by atoms with Crippen LogP contribution in [-0.2, 0) is 41.7 Å². The highest BCUT2D eigenvalue weighted by atomic mass is 32.2. The fraction of sp³-hybridized carbons (Fsp3) is 0.565. The van der Waals surface area contributed by atoms with Crippen LogP contribution in [0.4, 0.5) is 4.79 Å². The summed E-state index contributed by atoms with van der Waals surface area (Å²) in [5, 5.41) is 7.68. The first-order valence-electron chi connectivity index (χ1n) is 21.1. The molecule has 3 N–H and O–H groups in total. The third-order valence-electron chi connectivity index (χ3n) is 9.47. The van der Waals surface area contributed by atoms with Crippen LogP contribution in [0, 0.1) is 5.92 Å². The molecule has 12 heteroatoms. The van der Waals surface area contributed by atoms with Crippen LogP contribution in [0.2, 0.25) is 0 Å². The van der Waals surface area contributed by atoms with Crippen LogP contribution in [0.25, 0.3) is 0 Å². The smallest absolute Gasteiger partial charge is 0.408 e. The van der Waals surface area contributed by atoms with Gasteiger partial charge in [-0.15, -0.1) is 0 Å². The number of unbranched alkanes of at least 4 members (excludes halogenated alkanes) is 12. The molecule has 0 aliphatic rings. The van der Waals surface area contributed by atoms with Crippen molar-refractivity contribution in [2.75, 3.05) is 18.9 Å². The van der Waals surface area contributed by atoms with Gasteiger partial charge in [0.05, 0.1) is 0 Å². The Morgan fingerprint density at radius 2 is 1.31 bits per heavy atom. The zero-order chi connectivity index (χ0) is 42.4. The highest BCUT2D eigenvalue weighted by Gasteiger charge is 2.29. The highest BCUT2D eigenvalue weighted by molar-refractivity contribution is 8.13. The molecule has 0 saturated carbocycles. The van der Waals surface area contributed by atoms with Gasteiger partial charge in [-0.2, -0.15) is 0 Å². The van der Waals surface area contributed by atoms with Crippen molar-refractivity contribution in [2.24, 2.45) is 5.92 Å². The molecule has 3 amide bonds. The van der Waals surface area contributed by atoms with Crippen LogP contribution in [-0.4, -0.2) is 65.8 Å². The number of nitrogens with one attached hydrogen (secondary N) is 3. The average Bonchev–Trinajstić information content (AvgIpc) is 3.21. The normalized spacial score (nSPS) is 11.9. The van der Waals surface area contributed by atoms with E-state index in [2.05, 4.69) is 29.5 Å². The number of carbonyl (C=O) groups excluding carboxylic acids is 6. The summed E-state index contributed by atoms with van der Waals surface area (Å²) in [6.45, 7) is 8.96. The van der Waals surface area contributed by atoms with Gasteiger partial charge in [-0.1, -0.05) is 177 Å². The first-order chi connectivity index (χ1) is 28.0. The Bertz CT molecular complexity index is 1530. The van der Waals surface area contributed by atoms with Gasteiger partial charge in [0, 0.05) is 24.2 Å². The summed E-state index contributed by atoms with van der Waals surface area (Å²) in [5.41, 5.74) is 2.11. The first-order valence-corrected chi connectivity index (χ1v) is 22.1. The number of thioether (sulfide) groups is 1. The molecule has 2 aromatic rings. The van der Waals surface area contributed by atoms with Gasteiger partial charge in [0.1, 0.15) is 31.8 Å². The van der Waals surface area contributed by atoms with E-state index in [-0.39, 0.29) is 48.6 Å². The second-order valence-electron chi connectivity index (χ2n) is 15.1. The largest absolute Gasteiger partial charge is 0.460 e. The van der Waals surface area contributed by atoms with Gasteiger partial charge in [-0.3, -0.25) is 24.0 Å². The molecular formula is C46H67N3O8S. The van der Waals surface area contributed by atoms with Crippen LogP contribution in [0.5, 0.6) is 0 Å². The number of ketones is 1. The van der Waals surface area contributed by atoms with Gasteiger partial charge >= 0.3 is 12.1 Å². The fourth-order valence-corrected chi connectivity index (χ4v) is 7.06. The SMILES string of the molecule is C=CCOC(=O)CNC(=O)[C@H](CSC(=O)CCCCCCCCCCCCCCC)NC(=O)[C@H](CC(C)C)NC(=O)OCc1ccc(C(=O)Cc2ccccc2)cc1. The van der Waals surface area contributed by atoms with Crippen LogP contribution in [0.3, 0.4) is 0 Å². The number of amides is 3. The number of hydrogen-bond donors (Lipinski definition) is 3. The van der Waals surface area contributed by atoms with Crippen molar-refractivity contribution in [2.45, 2.75) is 142 Å². The standard InChI is InChI=1S/C46H67N3O8S/c1-5-7-8-9-10-11-12-13-14-15-16-17-21-24-43(52)58-34-40(44(53)47-32-42(51)56-29-6-2)48-45(54)39(30-35(3)4)49-46(55)57-33-37-25-27-38(28-26-37)41(50)31-36-22-19-18-20-23-36/h6,18-20,22-23,25-28,35,39-40H,2,5,7-17,21,24,29-34H2,1,3-4H3,(H,47,53)(H,48,54)(H,49,55)/t39-,40-/m0/s1. The summed E-state index contributed by atoms with van der Waals surface area (Å²) in [7, 11) is 0. The lowest BCUT2D eigenvalue weighted by atomic mass is 10.0. The van der Waals surface area contributed by atoms with Gasteiger partial charge in [0.2, 0.25) is 11.8 Å². The predicted molar refractivity (Wildman–Crippen MR) is 231 cm³/mol. The summed E-state index contributed by atoms with van der Waals surface area (Å²) in [5.74, 6) is -2.08. The van der Waals surface area contributed by atoms with E-state index in [1.807, 2.05) is 44.2 Å². The molecule has 0 heterocycles. The summed E-state index contributed by atoms with van der Waals surface area (Å²) < 4.78 is 10.3. The van der Waals surface area contributed by atoms with Crippen molar-refractivity contribution in [3.63, 3.8) is 0 Å². The molecule has 0 aromatic heterocycles. The maximum Gasteiger partial charge on any atom is 0.408 e. The molecule has 0 aliphatic heterocycles. The number of benzene rings is 2. The zero-order valence-electron chi connectivity index (χ0n) is 35.0. The zero-order valence-corrected chi connectivity index (χ0v) is 35.8. The monoisotopic (exact) mass is 821 g/mol. The molecule has 0 radical (unpaired) electrons. The number of rotatable bonds is 31. The maximum absolute atomic E-state index is 13.6. The second-order valence-corrected chi connectivity index (χ2v) is 16.2. The van der Waals surface area contributed by atoms with E-state index in [0.717, 1.165) is 43.0 Å². The lowest BCUT2D eigenvalue weighted by Crippen LogP contribution is -2.55. The molecule has 11 nitrogen and oxygen atoms in total. The van der Waals surface area contributed by atoms with Crippen molar-refractivity contribution in [3.05, 3.63) is 83.9 Å². The van der Waals surface area contributed by atoms with E-state index < -0.39 is 42.5 Å². The Morgan fingerprint density at radius 1 is 0.707 bits per heavy atom. The molecule has 0 unspecified atom stereocenters. The second kappa shape index (κ2) is 30.6. The Balaban J connectivity index is 1.89. The Morgan fingerprint density at radius 3 is 1.90 bits per heavy atom. The van der Waals surface area contributed by atoms with E-state index in [0.29, 0.717) is 17.5 Å². The minimum Gasteiger partial charge on any atom is -0.460 e. The van der Waals surface area contributed by atoms with Gasteiger partial charge in [0.25, 0.3) is 0 Å². The molecular weight excluding hydrogens is 755 g/mol. The number of Topliss-reactive ketones (excluding diaryl/α,β-unsaturated/α-hetero) is 1. The van der Waals surface area contributed by atoms with Crippen molar-refractivity contribution < 1.29 is 38.2 Å². The molecule has 58 heavy (non-hydrogen) atoms. The summed E-state index contributed by atoms with van der Waals surface area (Å²) >= 11 is 0.958. The number of esters is 1. The van der Waals surface area contributed by atoms with E-state index in [4.69, 9.17) is 9.47 Å². The number of hydrogen-bond acceptors (Lipinski definition) is 9. The number of carbonyl (C=O) groups is 6. The minimum atomic E-state index is -1.17. The van der Waals surface area contributed by atoms with Gasteiger partial charge in [-0.25, -0.2) is 4.79 Å². The van der Waals surface area contributed by atoms with Crippen LogP contribution in [0.15, 0.2) is 67.3 Å². The van der Waals surface area contributed by atoms with E-state index in [1.165, 1.54) is 63.9 Å². The minimum absolute atomic E-state index is 0.0137. The molecule has 0 bridgehead atoms. The third-order valence-corrected chi connectivity index (χ3v) is 10.5. The topological polar surface area (TPSA) is 157 Å². The van der Waals surface area contributed by atoms with E-state index in [9.17, 15) is 28.8 Å². The predicted octanol–water partition coefficient (Wildman–Crippen LogP) is 8.82. The highest BCUT2D eigenvalue weighted by Crippen LogP contribution is 2.16. The van der Waals surface area contributed by atoms with Crippen LogP contribution >= 0.6 is 11.8 Å². The summed E-state index contributed by atoms with van der Waals surface area (Å²) in [6, 6.07) is 14.0. The van der Waals surface area contributed by atoms with Crippen LogP contribution < -0.4 is 16.0 Å². The Labute approximate surface area is 350 Å². The lowest BCUT2D eigenvalue weighted by Gasteiger charge is -2.23.